The van der Waals surface area contributed by atoms with Gasteiger partial charge in [0.1, 0.15) is 0 Å². The fourth-order valence-electron chi connectivity index (χ4n) is 2.31. The molecule has 1 atom stereocenters. The maximum absolute atomic E-state index is 12.2. The van der Waals surface area contributed by atoms with Crippen molar-refractivity contribution in [1.82, 2.24) is 10.6 Å². The molecule has 0 saturated heterocycles. The number of hydrogen-bond acceptors (Lipinski definition) is 3. The molecule has 5 nitrogen and oxygen atoms in total. The molecule has 23 heavy (non-hydrogen) atoms. The molecule has 0 aromatic heterocycles. The Labute approximate surface area is 135 Å². The van der Waals surface area contributed by atoms with Gasteiger partial charge in [0, 0.05) is 24.7 Å². The molecule has 2 rings (SSSR count). The van der Waals surface area contributed by atoms with Crippen LogP contribution >= 0.6 is 0 Å². The fourth-order valence-corrected chi connectivity index (χ4v) is 2.31. The molecule has 2 aromatic carbocycles. The number of aliphatic hydroxyl groups is 1. The third kappa shape index (κ3) is 4.17. The number of rotatable bonds is 5. The zero-order chi connectivity index (χ0) is 16.8. The molecule has 0 aliphatic rings. The van der Waals surface area contributed by atoms with Crippen LogP contribution in [0.5, 0.6) is 0 Å². The molecule has 2 amide bonds. The summed E-state index contributed by atoms with van der Waals surface area (Å²) >= 11 is 0. The number of amides is 2. The summed E-state index contributed by atoms with van der Waals surface area (Å²) in [6.45, 7) is 2.01. The van der Waals surface area contributed by atoms with Crippen molar-refractivity contribution in [3.63, 3.8) is 0 Å². The first-order valence-electron chi connectivity index (χ1n) is 7.37. The fraction of sp³-hybridized carbons (Fsp3) is 0.222. The molecule has 1 unspecified atom stereocenters. The van der Waals surface area contributed by atoms with Crippen LogP contribution in [0.1, 0.15) is 37.9 Å². The largest absolute Gasteiger partial charge is 0.387 e. The highest BCUT2D eigenvalue weighted by Crippen LogP contribution is 2.16. The lowest BCUT2D eigenvalue weighted by molar-refractivity contribution is 0.0916. The van der Waals surface area contributed by atoms with Gasteiger partial charge in [-0.25, -0.2) is 0 Å². The normalized spacial score (nSPS) is 11.6. The van der Waals surface area contributed by atoms with Crippen LogP contribution < -0.4 is 10.6 Å². The number of aliphatic hydroxyl groups excluding tert-OH is 1. The first-order chi connectivity index (χ1) is 11.0. The minimum absolute atomic E-state index is 0.105. The highest BCUT2D eigenvalue weighted by atomic mass is 16.3. The monoisotopic (exact) mass is 312 g/mol. The summed E-state index contributed by atoms with van der Waals surface area (Å²) in [6, 6.07) is 13.9. The first kappa shape index (κ1) is 16.7. The molecule has 2 aromatic rings. The van der Waals surface area contributed by atoms with Gasteiger partial charge in [0.2, 0.25) is 0 Å². The van der Waals surface area contributed by atoms with E-state index in [1.54, 1.807) is 18.2 Å². The zero-order valence-electron chi connectivity index (χ0n) is 13.2. The molecule has 0 spiro atoms. The van der Waals surface area contributed by atoms with Gasteiger partial charge in [0.05, 0.1) is 6.10 Å². The summed E-state index contributed by atoms with van der Waals surface area (Å²) in [4.78, 5) is 23.8. The van der Waals surface area contributed by atoms with Crippen molar-refractivity contribution >= 4 is 11.8 Å². The summed E-state index contributed by atoms with van der Waals surface area (Å²) in [6.07, 6.45) is -0.776. The van der Waals surface area contributed by atoms with Gasteiger partial charge in [-0.15, -0.1) is 0 Å². The Hall–Kier alpha value is -2.66. The van der Waals surface area contributed by atoms with Crippen LogP contribution in [0.3, 0.4) is 0 Å². The van der Waals surface area contributed by atoms with Gasteiger partial charge in [-0.2, -0.15) is 0 Å². The highest BCUT2D eigenvalue weighted by molar-refractivity contribution is 5.99. The topological polar surface area (TPSA) is 78.4 Å². The minimum Gasteiger partial charge on any atom is -0.387 e. The SMILES string of the molecule is CNC(=O)c1cccc(C(=O)NCC(O)c2ccccc2C)c1. The van der Waals surface area contributed by atoms with Crippen molar-refractivity contribution in [2.75, 3.05) is 13.6 Å². The van der Waals surface area contributed by atoms with Gasteiger partial charge in [-0.05, 0) is 36.2 Å². The van der Waals surface area contributed by atoms with Crippen LogP contribution in [0.4, 0.5) is 0 Å². The third-order valence-corrected chi connectivity index (χ3v) is 3.62. The van der Waals surface area contributed by atoms with Crippen LogP contribution in [0.2, 0.25) is 0 Å². The van der Waals surface area contributed by atoms with Crippen LogP contribution in [0, 0.1) is 6.92 Å². The van der Waals surface area contributed by atoms with Crippen molar-refractivity contribution in [3.8, 4) is 0 Å². The maximum atomic E-state index is 12.2. The Balaban J connectivity index is 2.02. The van der Waals surface area contributed by atoms with Gasteiger partial charge in [-0.3, -0.25) is 9.59 Å². The van der Waals surface area contributed by atoms with E-state index in [1.165, 1.54) is 13.1 Å². The second-order valence-corrected chi connectivity index (χ2v) is 5.24. The molecular formula is C18H20N2O3. The standard InChI is InChI=1S/C18H20N2O3/c1-12-6-3-4-9-15(12)16(21)11-20-18(23)14-8-5-7-13(10-14)17(22)19-2/h3-10,16,21H,11H2,1-2H3,(H,19,22)(H,20,23). The van der Waals surface area contributed by atoms with Crippen molar-refractivity contribution in [2.45, 2.75) is 13.0 Å². The van der Waals surface area contributed by atoms with E-state index >= 15 is 0 Å². The van der Waals surface area contributed by atoms with E-state index < -0.39 is 6.10 Å². The summed E-state index contributed by atoms with van der Waals surface area (Å²) in [5.74, 6) is -0.581. The van der Waals surface area contributed by atoms with Crippen molar-refractivity contribution in [1.29, 1.82) is 0 Å². The van der Waals surface area contributed by atoms with E-state index in [4.69, 9.17) is 0 Å². The molecular weight excluding hydrogens is 292 g/mol. The predicted octanol–water partition coefficient (Wildman–Crippen LogP) is 1.82. The van der Waals surface area contributed by atoms with Gasteiger partial charge < -0.3 is 15.7 Å². The van der Waals surface area contributed by atoms with Crippen LogP contribution in [0.15, 0.2) is 48.5 Å². The second-order valence-electron chi connectivity index (χ2n) is 5.24. The number of aryl methyl sites for hydroxylation is 1. The lowest BCUT2D eigenvalue weighted by Crippen LogP contribution is -2.29. The van der Waals surface area contributed by atoms with E-state index in [9.17, 15) is 14.7 Å². The number of carbonyl (C=O) groups is 2. The van der Waals surface area contributed by atoms with Gasteiger partial charge in [-0.1, -0.05) is 30.3 Å². The third-order valence-electron chi connectivity index (χ3n) is 3.62. The molecule has 0 bridgehead atoms. The summed E-state index contributed by atoms with van der Waals surface area (Å²) in [5.41, 5.74) is 2.55. The van der Waals surface area contributed by atoms with Crippen molar-refractivity contribution in [2.24, 2.45) is 0 Å². The molecule has 0 fully saturated rings. The summed E-state index contributed by atoms with van der Waals surface area (Å²) in [5, 5.41) is 15.4. The lowest BCUT2D eigenvalue weighted by Gasteiger charge is -2.14. The van der Waals surface area contributed by atoms with E-state index in [0.717, 1.165) is 11.1 Å². The van der Waals surface area contributed by atoms with E-state index in [2.05, 4.69) is 10.6 Å². The van der Waals surface area contributed by atoms with Crippen LogP contribution in [0.25, 0.3) is 0 Å². The Kier molecular flexibility index (Phi) is 5.49. The van der Waals surface area contributed by atoms with Crippen LogP contribution in [-0.2, 0) is 0 Å². The van der Waals surface area contributed by atoms with Crippen molar-refractivity contribution in [3.05, 3.63) is 70.8 Å². The minimum atomic E-state index is -0.776. The Morgan fingerprint density at radius 2 is 1.70 bits per heavy atom. The molecule has 5 heteroatoms. The van der Waals surface area contributed by atoms with Gasteiger partial charge in [0.15, 0.2) is 0 Å². The van der Waals surface area contributed by atoms with Crippen LogP contribution in [-0.4, -0.2) is 30.5 Å². The maximum Gasteiger partial charge on any atom is 0.251 e. The lowest BCUT2D eigenvalue weighted by atomic mass is 10.0. The number of carbonyl (C=O) groups excluding carboxylic acids is 2. The Bertz CT molecular complexity index is 713. The van der Waals surface area contributed by atoms with Gasteiger partial charge in [0.25, 0.3) is 11.8 Å². The molecule has 0 radical (unpaired) electrons. The second kappa shape index (κ2) is 7.56. The van der Waals surface area contributed by atoms with E-state index in [-0.39, 0.29) is 18.4 Å². The molecule has 0 heterocycles. The predicted molar refractivity (Wildman–Crippen MR) is 88.3 cm³/mol. The smallest absolute Gasteiger partial charge is 0.251 e. The average Bonchev–Trinajstić information content (AvgIpc) is 2.59. The average molecular weight is 312 g/mol. The highest BCUT2D eigenvalue weighted by Gasteiger charge is 2.13. The zero-order valence-corrected chi connectivity index (χ0v) is 13.2. The number of nitrogens with one attached hydrogen (secondary N) is 2. The van der Waals surface area contributed by atoms with Crippen molar-refractivity contribution < 1.29 is 14.7 Å². The number of hydrogen-bond donors (Lipinski definition) is 3. The number of benzene rings is 2. The molecule has 3 N–H and O–H groups in total. The summed E-state index contributed by atoms with van der Waals surface area (Å²) in [7, 11) is 1.54. The first-order valence-corrected chi connectivity index (χ1v) is 7.37. The molecule has 120 valence electrons. The van der Waals surface area contributed by atoms with E-state index in [0.29, 0.717) is 11.1 Å². The molecule has 0 aliphatic heterocycles. The van der Waals surface area contributed by atoms with E-state index in [1.807, 2.05) is 31.2 Å². The quantitative estimate of drug-likeness (QED) is 0.788. The summed E-state index contributed by atoms with van der Waals surface area (Å²) < 4.78 is 0. The Morgan fingerprint density at radius 1 is 1.04 bits per heavy atom. The van der Waals surface area contributed by atoms with Gasteiger partial charge >= 0.3 is 0 Å². The molecule has 0 saturated carbocycles. The molecule has 0 aliphatic carbocycles. The Morgan fingerprint density at radius 3 is 2.35 bits per heavy atom.